The third-order valence-corrected chi connectivity index (χ3v) is 2.92. The summed E-state index contributed by atoms with van der Waals surface area (Å²) in [5, 5.41) is 19.1. The molecule has 0 aliphatic carbocycles. The molecule has 4 nitrogen and oxygen atoms in total. The maximum absolute atomic E-state index is 9.79. The summed E-state index contributed by atoms with van der Waals surface area (Å²) >= 11 is 0. The normalized spacial score (nSPS) is 14.7. The summed E-state index contributed by atoms with van der Waals surface area (Å²) in [6, 6.07) is 10.0. The van der Waals surface area contributed by atoms with E-state index < -0.39 is 6.10 Å². The van der Waals surface area contributed by atoms with Crippen molar-refractivity contribution >= 4 is 0 Å². The molecule has 1 unspecified atom stereocenters. The minimum absolute atomic E-state index is 0.0108. The Bertz CT molecular complexity index is 318. The number of hydrogen-bond donors (Lipinski definition) is 2. The van der Waals surface area contributed by atoms with Gasteiger partial charge in [-0.05, 0) is 12.5 Å². The van der Waals surface area contributed by atoms with Crippen molar-refractivity contribution in [1.82, 2.24) is 4.90 Å². The highest BCUT2D eigenvalue weighted by atomic mass is 16.5. The zero-order valence-corrected chi connectivity index (χ0v) is 11.1. The van der Waals surface area contributed by atoms with E-state index in [-0.39, 0.29) is 12.6 Å². The zero-order chi connectivity index (χ0) is 13.4. The van der Waals surface area contributed by atoms with Crippen LogP contribution >= 0.6 is 0 Å². The van der Waals surface area contributed by atoms with Gasteiger partial charge in [-0.1, -0.05) is 30.3 Å². The Morgan fingerprint density at radius 3 is 2.50 bits per heavy atom. The molecule has 0 bridgehead atoms. The first kappa shape index (κ1) is 15.1. The zero-order valence-electron chi connectivity index (χ0n) is 11.1. The molecule has 0 aromatic heterocycles. The number of aliphatic hydroxyl groups excluding tert-OH is 2. The molecule has 1 rings (SSSR count). The molecule has 4 heteroatoms. The van der Waals surface area contributed by atoms with Gasteiger partial charge in [0.1, 0.15) is 0 Å². The van der Waals surface area contributed by atoms with E-state index in [4.69, 9.17) is 4.74 Å². The molecule has 1 aromatic carbocycles. The molecule has 0 aliphatic heterocycles. The number of benzene rings is 1. The third kappa shape index (κ3) is 5.14. The SMILES string of the molecule is COC[C@@H](O)CN(Cc1ccccc1)C(C)CO. The summed E-state index contributed by atoms with van der Waals surface area (Å²) in [6.07, 6.45) is -0.535. The number of aliphatic hydroxyl groups is 2. The lowest BCUT2D eigenvalue weighted by Gasteiger charge is -2.29. The Kier molecular flexibility index (Phi) is 6.90. The van der Waals surface area contributed by atoms with Gasteiger partial charge >= 0.3 is 0 Å². The van der Waals surface area contributed by atoms with Gasteiger partial charge in [0.05, 0.1) is 19.3 Å². The van der Waals surface area contributed by atoms with Crippen molar-refractivity contribution in [3.8, 4) is 0 Å². The molecule has 0 fully saturated rings. The Morgan fingerprint density at radius 2 is 1.94 bits per heavy atom. The van der Waals surface area contributed by atoms with E-state index in [0.717, 1.165) is 0 Å². The van der Waals surface area contributed by atoms with Crippen LogP contribution in [0.4, 0.5) is 0 Å². The van der Waals surface area contributed by atoms with Gasteiger partial charge < -0.3 is 14.9 Å². The van der Waals surface area contributed by atoms with Crippen LogP contribution in [-0.4, -0.2) is 54.1 Å². The molecule has 0 heterocycles. The Balaban J connectivity index is 2.61. The van der Waals surface area contributed by atoms with Crippen LogP contribution in [0.5, 0.6) is 0 Å². The minimum Gasteiger partial charge on any atom is -0.395 e. The largest absolute Gasteiger partial charge is 0.395 e. The van der Waals surface area contributed by atoms with Gasteiger partial charge in [-0.2, -0.15) is 0 Å². The molecule has 102 valence electrons. The second-order valence-electron chi connectivity index (χ2n) is 4.56. The number of methoxy groups -OCH3 is 1. The van der Waals surface area contributed by atoms with Crippen LogP contribution in [0.15, 0.2) is 30.3 Å². The first-order valence-corrected chi connectivity index (χ1v) is 6.23. The first-order valence-electron chi connectivity index (χ1n) is 6.23. The van der Waals surface area contributed by atoms with Crippen LogP contribution in [0.2, 0.25) is 0 Å². The molecule has 0 radical (unpaired) electrons. The molecule has 0 spiro atoms. The molecular formula is C14H23NO3. The van der Waals surface area contributed by atoms with E-state index in [2.05, 4.69) is 4.90 Å². The van der Waals surface area contributed by atoms with E-state index in [1.165, 1.54) is 5.56 Å². The lowest BCUT2D eigenvalue weighted by Crippen LogP contribution is -2.41. The van der Waals surface area contributed by atoms with E-state index in [0.29, 0.717) is 19.7 Å². The van der Waals surface area contributed by atoms with Crippen molar-refractivity contribution in [1.29, 1.82) is 0 Å². The Labute approximate surface area is 109 Å². The summed E-state index contributed by atoms with van der Waals surface area (Å²) in [6.45, 7) is 3.53. The fourth-order valence-electron chi connectivity index (χ4n) is 1.85. The second-order valence-corrected chi connectivity index (χ2v) is 4.56. The van der Waals surface area contributed by atoms with Gasteiger partial charge in [0.15, 0.2) is 0 Å². The molecule has 0 aliphatic rings. The van der Waals surface area contributed by atoms with Crippen LogP contribution in [0.1, 0.15) is 12.5 Å². The van der Waals surface area contributed by atoms with Crippen LogP contribution in [0, 0.1) is 0 Å². The lowest BCUT2D eigenvalue weighted by atomic mass is 10.1. The molecule has 2 atom stereocenters. The van der Waals surface area contributed by atoms with Crippen LogP contribution in [0.3, 0.4) is 0 Å². The van der Waals surface area contributed by atoms with E-state index in [1.807, 2.05) is 37.3 Å². The maximum Gasteiger partial charge on any atom is 0.0900 e. The van der Waals surface area contributed by atoms with Crippen molar-refractivity contribution in [3.63, 3.8) is 0 Å². The number of nitrogens with zero attached hydrogens (tertiary/aromatic N) is 1. The fourth-order valence-corrected chi connectivity index (χ4v) is 1.85. The number of hydrogen-bond acceptors (Lipinski definition) is 4. The quantitative estimate of drug-likeness (QED) is 0.722. The van der Waals surface area contributed by atoms with Gasteiger partial charge in [0, 0.05) is 26.2 Å². The average Bonchev–Trinajstić information content (AvgIpc) is 2.38. The van der Waals surface area contributed by atoms with Gasteiger partial charge in [0.2, 0.25) is 0 Å². The summed E-state index contributed by atoms with van der Waals surface area (Å²) in [4.78, 5) is 2.05. The van der Waals surface area contributed by atoms with E-state index >= 15 is 0 Å². The molecule has 0 saturated heterocycles. The minimum atomic E-state index is -0.535. The van der Waals surface area contributed by atoms with Crippen molar-refractivity contribution in [3.05, 3.63) is 35.9 Å². The molecule has 0 saturated carbocycles. The van der Waals surface area contributed by atoms with Crippen LogP contribution < -0.4 is 0 Å². The summed E-state index contributed by atoms with van der Waals surface area (Å²) in [7, 11) is 1.57. The molecular weight excluding hydrogens is 230 g/mol. The molecule has 1 aromatic rings. The molecule has 2 N–H and O–H groups in total. The highest BCUT2D eigenvalue weighted by Crippen LogP contribution is 2.09. The predicted molar refractivity (Wildman–Crippen MR) is 71.3 cm³/mol. The van der Waals surface area contributed by atoms with Crippen molar-refractivity contribution in [2.75, 3.05) is 26.9 Å². The van der Waals surface area contributed by atoms with Gasteiger partial charge in [-0.25, -0.2) is 0 Å². The van der Waals surface area contributed by atoms with Gasteiger partial charge in [-0.15, -0.1) is 0 Å². The summed E-state index contributed by atoms with van der Waals surface area (Å²) < 4.78 is 4.93. The average molecular weight is 253 g/mol. The van der Waals surface area contributed by atoms with Crippen molar-refractivity contribution in [2.24, 2.45) is 0 Å². The van der Waals surface area contributed by atoms with Crippen molar-refractivity contribution in [2.45, 2.75) is 25.6 Å². The highest BCUT2D eigenvalue weighted by Gasteiger charge is 2.17. The van der Waals surface area contributed by atoms with Crippen molar-refractivity contribution < 1.29 is 14.9 Å². The maximum atomic E-state index is 9.79. The van der Waals surface area contributed by atoms with E-state index in [1.54, 1.807) is 7.11 Å². The standard InChI is InChI=1S/C14H23NO3/c1-12(10-16)15(9-14(17)11-18-2)8-13-6-4-3-5-7-13/h3-7,12,14,16-17H,8-11H2,1-2H3/t12?,14-/m0/s1. The second kappa shape index (κ2) is 8.21. The summed E-state index contributed by atoms with van der Waals surface area (Å²) in [5.74, 6) is 0. The first-order chi connectivity index (χ1) is 8.67. The van der Waals surface area contributed by atoms with Crippen LogP contribution in [0.25, 0.3) is 0 Å². The van der Waals surface area contributed by atoms with Gasteiger partial charge in [0.25, 0.3) is 0 Å². The Hall–Kier alpha value is -0.940. The predicted octanol–water partition coefficient (Wildman–Crippen LogP) is 0.877. The highest BCUT2D eigenvalue weighted by molar-refractivity contribution is 5.14. The van der Waals surface area contributed by atoms with Gasteiger partial charge in [-0.3, -0.25) is 4.90 Å². The van der Waals surface area contributed by atoms with E-state index in [9.17, 15) is 10.2 Å². The summed E-state index contributed by atoms with van der Waals surface area (Å²) in [5.41, 5.74) is 1.17. The molecule has 18 heavy (non-hydrogen) atoms. The topological polar surface area (TPSA) is 52.9 Å². The molecule has 0 amide bonds. The number of rotatable bonds is 8. The lowest BCUT2D eigenvalue weighted by molar-refractivity contribution is 0.0175. The monoisotopic (exact) mass is 253 g/mol. The van der Waals surface area contributed by atoms with Crippen LogP contribution in [-0.2, 0) is 11.3 Å². The fraction of sp³-hybridized carbons (Fsp3) is 0.571. The third-order valence-electron chi connectivity index (χ3n) is 2.92. The Morgan fingerprint density at radius 1 is 1.28 bits per heavy atom. The number of ether oxygens (including phenoxy) is 1. The smallest absolute Gasteiger partial charge is 0.0900 e.